The zero-order chi connectivity index (χ0) is 23.7. The molecule has 0 saturated carbocycles. The number of hydrogen-bond acceptors (Lipinski definition) is 4. The molecule has 0 unspecified atom stereocenters. The van der Waals surface area contributed by atoms with E-state index in [1.807, 2.05) is 42.5 Å². The van der Waals surface area contributed by atoms with Crippen LogP contribution in [0, 0.1) is 0 Å². The highest BCUT2D eigenvalue weighted by molar-refractivity contribution is 6.34. The minimum atomic E-state index is -0.326. The second kappa shape index (κ2) is 8.96. The summed E-state index contributed by atoms with van der Waals surface area (Å²) in [6.45, 7) is -0.196. The summed E-state index contributed by atoms with van der Waals surface area (Å²) in [4.78, 5) is 42.7. The van der Waals surface area contributed by atoms with Gasteiger partial charge in [-0.05, 0) is 35.9 Å². The first-order valence-corrected chi connectivity index (χ1v) is 11.0. The summed E-state index contributed by atoms with van der Waals surface area (Å²) < 4.78 is 3.17. The van der Waals surface area contributed by atoms with Crippen LogP contribution in [-0.2, 0) is 17.8 Å². The molecule has 7 nitrogen and oxygen atoms in total. The number of carbonyl (C=O) groups excluding carboxylic acids is 2. The van der Waals surface area contributed by atoms with Gasteiger partial charge in [0.25, 0.3) is 5.56 Å². The van der Waals surface area contributed by atoms with Crippen molar-refractivity contribution in [1.82, 2.24) is 14.0 Å². The smallest absolute Gasteiger partial charge is 0.262 e. The van der Waals surface area contributed by atoms with Crippen molar-refractivity contribution in [2.45, 2.75) is 13.0 Å². The highest BCUT2D eigenvalue weighted by atomic mass is 35.5. The molecule has 0 aliphatic heterocycles. The molecule has 0 radical (unpaired) electrons. The van der Waals surface area contributed by atoms with Gasteiger partial charge in [0.1, 0.15) is 12.0 Å². The van der Waals surface area contributed by atoms with Crippen molar-refractivity contribution in [2.75, 3.05) is 5.32 Å². The van der Waals surface area contributed by atoms with Crippen molar-refractivity contribution in [2.24, 2.45) is 0 Å². The largest absolute Gasteiger partial charge is 0.326 e. The number of benzene rings is 3. The lowest BCUT2D eigenvalue weighted by atomic mass is 10.1. The minimum absolute atomic E-state index is 0.188. The van der Waals surface area contributed by atoms with Gasteiger partial charge < -0.3 is 5.32 Å². The quantitative estimate of drug-likeness (QED) is 0.373. The van der Waals surface area contributed by atoms with E-state index in [1.165, 1.54) is 10.6 Å². The number of amides is 1. The standard InChI is InChI=1S/C26H19ClN4O3/c27-21-13-18(29-24(33)12-17-6-2-1-3-7-17)10-11-19(21)23(32)15-30-25-14-28-16-31(25)22-9-5-4-8-20(22)26(30)34/h1-11,13-14,16H,12,15H2,(H,29,33). The Morgan fingerprint density at radius 1 is 0.971 bits per heavy atom. The van der Waals surface area contributed by atoms with E-state index in [-0.39, 0.29) is 40.8 Å². The molecule has 2 aromatic heterocycles. The van der Waals surface area contributed by atoms with E-state index in [0.29, 0.717) is 16.7 Å². The summed E-state index contributed by atoms with van der Waals surface area (Å²) in [5.41, 5.74) is 2.60. The summed E-state index contributed by atoms with van der Waals surface area (Å²) >= 11 is 6.39. The first-order chi connectivity index (χ1) is 16.5. The number of anilines is 1. The van der Waals surface area contributed by atoms with Crippen LogP contribution in [0.25, 0.3) is 16.6 Å². The third-order valence-electron chi connectivity index (χ3n) is 5.60. The molecule has 5 aromatic rings. The molecule has 0 aliphatic rings. The Bertz CT molecular complexity index is 1610. The summed E-state index contributed by atoms with van der Waals surface area (Å²) in [5, 5.41) is 3.48. The van der Waals surface area contributed by atoms with Crippen molar-refractivity contribution >= 4 is 45.5 Å². The third-order valence-corrected chi connectivity index (χ3v) is 5.91. The lowest BCUT2D eigenvalue weighted by Gasteiger charge is -2.12. The Morgan fingerprint density at radius 3 is 2.53 bits per heavy atom. The topological polar surface area (TPSA) is 85.5 Å². The molecule has 0 atom stereocenters. The maximum Gasteiger partial charge on any atom is 0.262 e. The van der Waals surface area contributed by atoms with Crippen molar-refractivity contribution in [1.29, 1.82) is 0 Å². The second-order valence-electron chi connectivity index (χ2n) is 7.86. The van der Waals surface area contributed by atoms with Gasteiger partial charge in [-0.3, -0.25) is 23.4 Å². The van der Waals surface area contributed by atoms with Crippen molar-refractivity contribution in [3.05, 3.63) is 112 Å². The molecule has 0 bridgehead atoms. The van der Waals surface area contributed by atoms with E-state index in [4.69, 9.17) is 11.6 Å². The lowest BCUT2D eigenvalue weighted by Crippen LogP contribution is -2.26. The number of hydrogen-bond donors (Lipinski definition) is 1. The average Bonchev–Trinajstić information content (AvgIpc) is 3.32. The predicted octanol–water partition coefficient (Wildman–Crippen LogP) is 4.37. The van der Waals surface area contributed by atoms with Crippen molar-refractivity contribution in [3.8, 4) is 0 Å². The van der Waals surface area contributed by atoms with E-state index < -0.39 is 0 Å². The molecule has 0 fully saturated rings. The van der Waals surface area contributed by atoms with Crippen LogP contribution in [0.4, 0.5) is 5.69 Å². The van der Waals surface area contributed by atoms with Gasteiger partial charge in [0, 0.05) is 11.3 Å². The fourth-order valence-corrected chi connectivity index (χ4v) is 4.26. The molecule has 1 N–H and O–H groups in total. The highest BCUT2D eigenvalue weighted by Gasteiger charge is 2.17. The van der Waals surface area contributed by atoms with Crippen LogP contribution >= 0.6 is 11.6 Å². The van der Waals surface area contributed by atoms with Gasteiger partial charge in [-0.1, -0.05) is 54.1 Å². The van der Waals surface area contributed by atoms with Gasteiger partial charge in [-0.2, -0.15) is 0 Å². The highest BCUT2D eigenvalue weighted by Crippen LogP contribution is 2.23. The molecule has 5 rings (SSSR count). The number of ketones is 1. The first-order valence-electron chi connectivity index (χ1n) is 10.6. The van der Waals surface area contributed by atoms with Gasteiger partial charge in [0.05, 0.1) is 35.1 Å². The zero-order valence-corrected chi connectivity index (χ0v) is 18.7. The normalized spacial score (nSPS) is 11.1. The zero-order valence-electron chi connectivity index (χ0n) is 17.9. The molecule has 0 aliphatic carbocycles. The van der Waals surface area contributed by atoms with Gasteiger partial charge in [-0.25, -0.2) is 4.98 Å². The van der Waals surface area contributed by atoms with Crippen LogP contribution < -0.4 is 10.9 Å². The molecule has 0 saturated heterocycles. The Labute approximate surface area is 199 Å². The SMILES string of the molecule is O=C(Cc1ccccc1)Nc1ccc(C(=O)Cn2c(=O)c3ccccc3n3cncc23)c(Cl)c1. The molecular weight excluding hydrogens is 452 g/mol. The monoisotopic (exact) mass is 470 g/mol. The molecule has 0 spiro atoms. The number of para-hydroxylation sites is 1. The number of fused-ring (bicyclic) bond motifs is 3. The molecule has 1 amide bonds. The van der Waals surface area contributed by atoms with Crippen LogP contribution in [0.1, 0.15) is 15.9 Å². The van der Waals surface area contributed by atoms with Crippen LogP contribution in [0.3, 0.4) is 0 Å². The maximum atomic E-state index is 13.1. The maximum absolute atomic E-state index is 13.1. The molecule has 168 valence electrons. The molecule has 8 heteroatoms. The fourth-order valence-electron chi connectivity index (χ4n) is 3.97. The first kappa shape index (κ1) is 21.6. The predicted molar refractivity (Wildman–Crippen MR) is 132 cm³/mol. The number of carbonyl (C=O) groups is 2. The fraction of sp³-hybridized carbons (Fsp3) is 0.0769. The summed E-state index contributed by atoms with van der Waals surface area (Å²) in [6, 6.07) is 21.3. The number of halogens is 1. The molecule has 2 heterocycles. The van der Waals surface area contributed by atoms with E-state index in [1.54, 1.807) is 41.2 Å². The number of imidazole rings is 1. The van der Waals surface area contributed by atoms with Crippen LogP contribution in [-0.4, -0.2) is 25.6 Å². The number of nitrogens with zero attached hydrogens (tertiary/aromatic N) is 3. The summed E-state index contributed by atoms with van der Waals surface area (Å²) in [7, 11) is 0. The Balaban J connectivity index is 1.39. The minimum Gasteiger partial charge on any atom is -0.326 e. The van der Waals surface area contributed by atoms with E-state index in [9.17, 15) is 14.4 Å². The number of aromatic nitrogens is 3. The van der Waals surface area contributed by atoms with Crippen molar-refractivity contribution in [3.63, 3.8) is 0 Å². The summed E-state index contributed by atoms with van der Waals surface area (Å²) in [5.74, 6) is -0.514. The van der Waals surface area contributed by atoms with Gasteiger partial charge in [-0.15, -0.1) is 0 Å². The van der Waals surface area contributed by atoms with E-state index in [2.05, 4.69) is 10.3 Å². The Kier molecular flexibility index (Phi) is 5.69. The second-order valence-corrected chi connectivity index (χ2v) is 8.27. The van der Waals surface area contributed by atoms with E-state index >= 15 is 0 Å². The Hall–Kier alpha value is -4.23. The molecular formula is C26H19ClN4O3. The Morgan fingerprint density at radius 2 is 1.74 bits per heavy atom. The molecule has 3 aromatic carbocycles. The van der Waals surface area contributed by atoms with Crippen LogP contribution in [0.15, 0.2) is 90.1 Å². The van der Waals surface area contributed by atoms with Gasteiger partial charge in [0.15, 0.2) is 5.78 Å². The van der Waals surface area contributed by atoms with Gasteiger partial charge in [0.2, 0.25) is 5.91 Å². The number of Topliss-reactive ketones (excluding diaryl/α,β-unsaturated/α-hetero) is 1. The third kappa shape index (κ3) is 4.09. The molecule has 34 heavy (non-hydrogen) atoms. The number of nitrogens with one attached hydrogen (secondary N) is 1. The van der Waals surface area contributed by atoms with E-state index in [0.717, 1.165) is 11.1 Å². The average molecular weight is 471 g/mol. The lowest BCUT2D eigenvalue weighted by molar-refractivity contribution is -0.115. The van der Waals surface area contributed by atoms with Gasteiger partial charge >= 0.3 is 0 Å². The van der Waals surface area contributed by atoms with Crippen molar-refractivity contribution < 1.29 is 9.59 Å². The van der Waals surface area contributed by atoms with Crippen LogP contribution in [0.2, 0.25) is 5.02 Å². The number of rotatable bonds is 6. The summed E-state index contributed by atoms with van der Waals surface area (Å²) in [6.07, 6.45) is 3.39. The van der Waals surface area contributed by atoms with Crippen LogP contribution in [0.5, 0.6) is 0 Å².